The van der Waals surface area contributed by atoms with Gasteiger partial charge < -0.3 is 14.6 Å². The summed E-state index contributed by atoms with van der Waals surface area (Å²) in [6.07, 6.45) is 6.54. The average molecular weight is 514 g/mol. The Balaban J connectivity index is 1.59. The van der Waals surface area contributed by atoms with Crippen LogP contribution in [0.3, 0.4) is 0 Å². The standard InChI is InChI=1S/C26H35ClF3N3O2/c1-17-23(25(34)31-12-9-18-10-13-35-14-11-18)32-24(33(17)16-19-5-3-2-4-6-19)21-15-20(26(28,29)30)7-8-22(21)27/h8,15,18-20H,2-7,9-14,16H2,1H3,(H,31,34). The minimum atomic E-state index is -4.36. The molecule has 1 amide bonds. The number of amides is 1. The molecule has 1 saturated heterocycles. The van der Waals surface area contributed by atoms with E-state index in [4.69, 9.17) is 16.3 Å². The molecule has 5 nitrogen and oxygen atoms in total. The zero-order chi connectivity index (χ0) is 25.0. The summed E-state index contributed by atoms with van der Waals surface area (Å²) in [7, 11) is 0. The van der Waals surface area contributed by atoms with E-state index in [0.29, 0.717) is 36.4 Å². The summed E-state index contributed by atoms with van der Waals surface area (Å²) >= 11 is 6.42. The molecule has 194 valence electrons. The van der Waals surface area contributed by atoms with Crippen LogP contribution in [0.15, 0.2) is 17.2 Å². The minimum Gasteiger partial charge on any atom is -0.381 e. The van der Waals surface area contributed by atoms with Crippen molar-refractivity contribution < 1.29 is 22.7 Å². The summed E-state index contributed by atoms with van der Waals surface area (Å²) in [5.41, 5.74) is 1.20. The lowest BCUT2D eigenvalue weighted by molar-refractivity contribution is -0.160. The number of ether oxygens (including phenoxy) is 1. The van der Waals surface area contributed by atoms with Crippen LogP contribution < -0.4 is 5.32 Å². The van der Waals surface area contributed by atoms with Gasteiger partial charge in [-0.15, -0.1) is 0 Å². The van der Waals surface area contributed by atoms with E-state index in [9.17, 15) is 18.0 Å². The van der Waals surface area contributed by atoms with Gasteiger partial charge in [0.05, 0.1) is 5.92 Å². The van der Waals surface area contributed by atoms with Crippen molar-refractivity contribution in [2.45, 2.75) is 77.4 Å². The van der Waals surface area contributed by atoms with Gasteiger partial charge >= 0.3 is 6.18 Å². The molecule has 0 spiro atoms. The molecule has 1 atom stereocenters. The molecule has 0 bridgehead atoms. The molecule has 2 heterocycles. The maximum Gasteiger partial charge on any atom is 0.395 e. The number of hydrogen-bond donors (Lipinski definition) is 1. The van der Waals surface area contributed by atoms with Gasteiger partial charge in [0.2, 0.25) is 0 Å². The first-order valence-electron chi connectivity index (χ1n) is 12.8. The van der Waals surface area contributed by atoms with Gasteiger partial charge in [-0.2, -0.15) is 13.2 Å². The largest absolute Gasteiger partial charge is 0.395 e. The molecule has 1 unspecified atom stereocenters. The summed E-state index contributed by atoms with van der Waals surface area (Å²) in [6.45, 7) is 4.51. The SMILES string of the molecule is Cc1c(C(=O)NCCC2CCOCC2)nc(C2=CC(C(F)(F)F)CC=C2Cl)n1CC1CCCCC1. The Morgan fingerprint density at radius 3 is 2.57 bits per heavy atom. The summed E-state index contributed by atoms with van der Waals surface area (Å²) in [5.74, 6) is -0.609. The van der Waals surface area contributed by atoms with E-state index in [-0.39, 0.29) is 28.6 Å². The smallest absolute Gasteiger partial charge is 0.381 e. The van der Waals surface area contributed by atoms with Crippen molar-refractivity contribution in [2.24, 2.45) is 17.8 Å². The molecule has 9 heteroatoms. The highest BCUT2D eigenvalue weighted by molar-refractivity contribution is 6.37. The second-order valence-electron chi connectivity index (χ2n) is 10.1. The highest BCUT2D eigenvalue weighted by Crippen LogP contribution is 2.40. The number of halogens is 4. The van der Waals surface area contributed by atoms with Crippen LogP contribution >= 0.6 is 11.6 Å². The number of allylic oxidation sites excluding steroid dienone is 4. The lowest BCUT2D eigenvalue weighted by atomic mass is 9.89. The van der Waals surface area contributed by atoms with Crippen molar-refractivity contribution in [2.75, 3.05) is 19.8 Å². The first-order valence-corrected chi connectivity index (χ1v) is 13.2. The van der Waals surface area contributed by atoms with Crippen LogP contribution in [-0.2, 0) is 11.3 Å². The molecule has 3 aliphatic rings. The molecular formula is C26H35ClF3N3O2. The number of imidazole rings is 1. The zero-order valence-corrected chi connectivity index (χ0v) is 21.1. The molecule has 1 aromatic heterocycles. The van der Waals surface area contributed by atoms with Gasteiger partial charge in [0.15, 0.2) is 0 Å². The monoisotopic (exact) mass is 513 g/mol. The van der Waals surface area contributed by atoms with Gasteiger partial charge in [0.25, 0.3) is 5.91 Å². The third-order valence-electron chi connectivity index (χ3n) is 7.62. The quantitative estimate of drug-likeness (QED) is 0.458. The van der Waals surface area contributed by atoms with Crippen LogP contribution in [0.25, 0.3) is 5.57 Å². The molecule has 35 heavy (non-hydrogen) atoms. The summed E-state index contributed by atoms with van der Waals surface area (Å²) in [4.78, 5) is 17.7. The summed E-state index contributed by atoms with van der Waals surface area (Å²) in [6, 6.07) is 0. The van der Waals surface area contributed by atoms with Gasteiger partial charge in [0, 0.05) is 42.6 Å². The Morgan fingerprint density at radius 1 is 1.17 bits per heavy atom. The molecule has 0 aromatic carbocycles. The molecule has 1 aromatic rings. The predicted molar refractivity (Wildman–Crippen MR) is 130 cm³/mol. The van der Waals surface area contributed by atoms with Crippen LogP contribution in [0, 0.1) is 24.7 Å². The second kappa shape index (κ2) is 11.5. The fraction of sp³-hybridized carbons (Fsp3) is 0.692. The molecular weight excluding hydrogens is 479 g/mol. The van der Waals surface area contributed by atoms with Crippen molar-refractivity contribution in [3.8, 4) is 0 Å². The number of carbonyl (C=O) groups is 1. The topological polar surface area (TPSA) is 56.1 Å². The van der Waals surface area contributed by atoms with Crippen LogP contribution in [0.4, 0.5) is 13.2 Å². The van der Waals surface area contributed by atoms with E-state index < -0.39 is 12.1 Å². The van der Waals surface area contributed by atoms with E-state index in [1.54, 1.807) is 0 Å². The van der Waals surface area contributed by atoms with Gasteiger partial charge in [0.1, 0.15) is 11.5 Å². The Hall–Kier alpha value is -1.80. The Bertz CT molecular complexity index is 958. The molecule has 1 aliphatic heterocycles. The van der Waals surface area contributed by atoms with Gasteiger partial charge in [-0.3, -0.25) is 4.79 Å². The minimum absolute atomic E-state index is 0.187. The number of rotatable bonds is 7. The molecule has 1 N–H and O–H groups in total. The first kappa shape index (κ1) is 26.3. The zero-order valence-electron chi connectivity index (χ0n) is 20.3. The third kappa shape index (κ3) is 6.50. The van der Waals surface area contributed by atoms with E-state index in [1.807, 2.05) is 11.5 Å². The average Bonchev–Trinajstić information content (AvgIpc) is 3.16. The molecule has 2 fully saturated rings. The fourth-order valence-electron chi connectivity index (χ4n) is 5.41. The Labute approximate surface area is 210 Å². The third-order valence-corrected chi connectivity index (χ3v) is 7.98. The first-order chi connectivity index (χ1) is 16.7. The highest BCUT2D eigenvalue weighted by Gasteiger charge is 2.40. The maximum absolute atomic E-state index is 13.5. The van der Waals surface area contributed by atoms with Crippen LogP contribution in [0.1, 0.15) is 79.8 Å². The maximum atomic E-state index is 13.5. The lowest BCUT2D eigenvalue weighted by Gasteiger charge is -2.25. The second-order valence-corrected chi connectivity index (χ2v) is 10.5. The number of hydrogen-bond acceptors (Lipinski definition) is 3. The number of aromatic nitrogens is 2. The summed E-state index contributed by atoms with van der Waals surface area (Å²) < 4.78 is 47.9. The Morgan fingerprint density at radius 2 is 1.89 bits per heavy atom. The fourth-order valence-corrected chi connectivity index (χ4v) is 5.65. The lowest BCUT2D eigenvalue weighted by Crippen LogP contribution is -2.28. The highest BCUT2D eigenvalue weighted by atomic mass is 35.5. The molecule has 4 rings (SSSR count). The normalized spacial score (nSPS) is 22.6. The predicted octanol–water partition coefficient (Wildman–Crippen LogP) is 6.41. The van der Waals surface area contributed by atoms with E-state index >= 15 is 0 Å². The van der Waals surface area contributed by atoms with Crippen molar-refractivity contribution in [3.63, 3.8) is 0 Å². The van der Waals surface area contributed by atoms with E-state index in [0.717, 1.165) is 58.2 Å². The number of nitrogens with zero attached hydrogens (tertiary/aromatic N) is 2. The number of alkyl halides is 3. The summed E-state index contributed by atoms with van der Waals surface area (Å²) in [5, 5.41) is 3.23. The van der Waals surface area contributed by atoms with Crippen molar-refractivity contribution in [1.29, 1.82) is 0 Å². The van der Waals surface area contributed by atoms with Crippen molar-refractivity contribution in [3.05, 3.63) is 34.4 Å². The van der Waals surface area contributed by atoms with Crippen molar-refractivity contribution in [1.82, 2.24) is 14.9 Å². The van der Waals surface area contributed by atoms with Gasteiger partial charge in [-0.1, -0.05) is 43.0 Å². The van der Waals surface area contributed by atoms with Crippen LogP contribution in [-0.4, -0.2) is 41.4 Å². The van der Waals surface area contributed by atoms with Crippen LogP contribution in [0.5, 0.6) is 0 Å². The van der Waals surface area contributed by atoms with E-state index in [2.05, 4.69) is 10.3 Å². The number of carbonyl (C=O) groups excluding carboxylic acids is 1. The van der Waals surface area contributed by atoms with Gasteiger partial charge in [-0.05, 0) is 57.3 Å². The van der Waals surface area contributed by atoms with Gasteiger partial charge in [-0.25, -0.2) is 4.98 Å². The van der Waals surface area contributed by atoms with E-state index in [1.165, 1.54) is 18.6 Å². The Kier molecular flexibility index (Phi) is 8.63. The van der Waals surface area contributed by atoms with Crippen molar-refractivity contribution >= 4 is 23.1 Å². The van der Waals surface area contributed by atoms with Crippen LogP contribution in [0.2, 0.25) is 0 Å². The molecule has 2 aliphatic carbocycles. The molecule has 1 saturated carbocycles. The number of nitrogens with one attached hydrogen (secondary N) is 1. The molecule has 0 radical (unpaired) electrons.